The van der Waals surface area contributed by atoms with Crippen molar-refractivity contribution in [3.05, 3.63) is 69.7 Å². The van der Waals surface area contributed by atoms with Gasteiger partial charge in [0.05, 0.1) is 11.6 Å². The number of halogens is 2. The topological polar surface area (TPSA) is 26.3 Å². The normalized spacial score (nSPS) is 10.8. The number of ketones is 1. The van der Waals surface area contributed by atoms with E-state index in [-0.39, 0.29) is 5.78 Å². The smallest absolute Gasteiger partial charge is 0.187 e. The monoisotopic (exact) mass is 320 g/mol. The Morgan fingerprint density at radius 3 is 2.48 bits per heavy atom. The van der Waals surface area contributed by atoms with E-state index in [9.17, 15) is 4.79 Å². The molecule has 0 aliphatic rings. The zero-order valence-electron chi connectivity index (χ0n) is 11.5. The van der Waals surface area contributed by atoms with Gasteiger partial charge in [-0.2, -0.15) is 0 Å². The van der Waals surface area contributed by atoms with E-state index in [0.29, 0.717) is 22.2 Å². The molecule has 4 heteroatoms. The Labute approximate surface area is 134 Å². The molecular weight excluding hydrogens is 307 g/mol. The first kappa shape index (κ1) is 15.6. The lowest BCUT2D eigenvalue weighted by molar-refractivity contribution is 0.104. The van der Waals surface area contributed by atoms with E-state index in [2.05, 4.69) is 0 Å². The van der Waals surface area contributed by atoms with Crippen LogP contribution in [0, 0.1) is 0 Å². The fourth-order valence-corrected chi connectivity index (χ4v) is 2.29. The van der Waals surface area contributed by atoms with Gasteiger partial charge >= 0.3 is 0 Å². The van der Waals surface area contributed by atoms with E-state index < -0.39 is 0 Å². The maximum absolute atomic E-state index is 12.1. The predicted octanol–water partition coefficient (Wildman–Crippen LogP) is 5.29. The molecule has 21 heavy (non-hydrogen) atoms. The van der Waals surface area contributed by atoms with Crippen molar-refractivity contribution in [3.63, 3.8) is 0 Å². The lowest BCUT2D eigenvalue weighted by atomic mass is 10.1. The molecule has 0 aromatic heterocycles. The first-order valence-corrected chi connectivity index (χ1v) is 7.26. The molecule has 0 saturated carbocycles. The summed E-state index contributed by atoms with van der Waals surface area (Å²) in [6.07, 6.45) is 3.23. The molecule has 0 radical (unpaired) electrons. The molecule has 2 aromatic rings. The molecule has 0 N–H and O–H groups in total. The molecule has 2 nitrogen and oxygen atoms in total. The van der Waals surface area contributed by atoms with Gasteiger partial charge in [-0.3, -0.25) is 4.79 Å². The minimum atomic E-state index is -0.162. The van der Waals surface area contributed by atoms with Crippen molar-refractivity contribution in [3.8, 4) is 5.75 Å². The molecule has 0 unspecified atom stereocenters. The van der Waals surface area contributed by atoms with Gasteiger partial charge in [0.15, 0.2) is 5.78 Å². The highest BCUT2D eigenvalue weighted by molar-refractivity contribution is 6.37. The van der Waals surface area contributed by atoms with Crippen molar-refractivity contribution >= 4 is 35.1 Å². The summed E-state index contributed by atoms with van der Waals surface area (Å²) >= 11 is 11.8. The second-order valence-corrected chi connectivity index (χ2v) is 5.17. The average Bonchev–Trinajstić information content (AvgIpc) is 2.46. The molecular formula is C17H14Cl2O2. The highest BCUT2D eigenvalue weighted by atomic mass is 35.5. The Morgan fingerprint density at radius 2 is 1.86 bits per heavy atom. The molecule has 0 aliphatic heterocycles. The van der Waals surface area contributed by atoms with Crippen LogP contribution in [0.3, 0.4) is 0 Å². The van der Waals surface area contributed by atoms with Crippen LogP contribution in [0.25, 0.3) is 6.08 Å². The van der Waals surface area contributed by atoms with Gasteiger partial charge in [-0.05, 0) is 48.9 Å². The second-order valence-electron chi connectivity index (χ2n) is 4.32. The van der Waals surface area contributed by atoms with Crippen molar-refractivity contribution < 1.29 is 9.53 Å². The number of carbonyl (C=O) groups is 1. The van der Waals surface area contributed by atoms with Crippen molar-refractivity contribution in [2.45, 2.75) is 6.92 Å². The summed E-state index contributed by atoms with van der Waals surface area (Å²) in [5, 5.41) is 0.857. The van der Waals surface area contributed by atoms with Crippen molar-refractivity contribution in [2.75, 3.05) is 6.61 Å². The Hall–Kier alpha value is -1.77. The van der Waals surface area contributed by atoms with Gasteiger partial charge in [0.2, 0.25) is 0 Å². The fraction of sp³-hybridized carbons (Fsp3) is 0.118. The molecule has 2 aromatic carbocycles. The number of hydrogen-bond acceptors (Lipinski definition) is 2. The van der Waals surface area contributed by atoms with Crippen LogP contribution in [0.2, 0.25) is 10.0 Å². The van der Waals surface area contributed by atoms with E-state index >= 15 is 0 Å². The Morgan fingerprint density at radius 1 is 1.14 bits per heavy atom. The van der Waals surface area contributed by atoms with E-state index in [1.807, 2.05) is 31.2 Å². The molecule has 108 valence electrons. The van der Waals surface area contributed by atoms with E-state index in [0.717, 1.165) is 11.3 Å². The van der Waals surface area contributed by atoms with Gasteiger partial charge in [0.25, 0.3) is 0 Å². The van der Waals surface area contributed by atoms with Gasteiger partial charge in [-0.15, -0.1) is 0 Å². The summed E-state index contributed by atoms with van der Waals surface area (Å²) in [6, 6.07) is 12.3. The fourth-order valence-electron chi connectivity index (χ4n) is 1.79. The van der Waals surface area contributed by atoms with Gasteiger partial charge in [0.1, 0.15) is 5.75 Å². The first-order chi connectivity index (χ1) is 10.1. The Kier molecular flexibility index (Phi) is 5.43. The SMILES string of the molecule is CCOc1ccc(C=CC(=O)c2ccc(Cl)cc2Cl)cc1. The summed E-state index contributed by atoms with van der Waals surface area (Å²) in [7, 11) is 0. The molecule has 0 bridgehead atoms. The number of rotatable bonds is 5. The molecule has 0 saturated heterocycles. The third-order valence-corrected chi connectivity index (χ3v) is 3.36. The van der Waals surface area contributed by atoms with Gasteiger partial charge in [0, 0.05) is 10.6 Å². The summed E-state index contributed by atoms with van der Waals surface area (Å²) in [5.41, 5.74) is 1.35. The number of benzene rings is 2. The van der Waals surface area contributed by atoms with Gasteiger partial charge in [-0.1, -0.05) is 41.4 Å². The number of hydrogen-bond donors (Lipinski definition) is 0. The lowest BCUT2D eigenvalue weighted by Crippen LogP contribution is -1.95. The average molecular weight is 321 g/mol. The van der Waals surface area contributed by atoms with E-state index in [1.54, 1.807) is 24.3 Å². The van der Waals surface area contributed by atoms with Crippen LogP contribution >= 0.6 is 23.2 Å². The summed E-state index contributed by atoms with van der Waals surface area (Å²) < 4.78 is 5.36. The number of allylic oxidation sites excluding steroid dienone is 1. The molecule has 0 aliphatic carbocycles. The quantitative estimate of drug-likeness (QED) is 0.552. The van der Waals surface area contributed by atoms with Crippen molar-refractivity contribution in [2.24, 2.45) is 0 Å². The molecule has 2 rings (SSSR count). The van der Waals surface area contributed by atoms with Crippen LogP contribution in [0.15, 0.2) is 48.5 Å². The largest absolute Gasteiger partial charge is 0.494 e. The van der Waals surface area contributed by atoms with Crippen LogP contribution < -0.4 is 4.74 Å². The maximum atomic E-state index is 12.1. The van der Waals surface area contributed by atoms with Crippen molar-refractivity contribution in [1.82, 2.24) is 0 Å². The number of ether oxygens (including phenoxy) is 1. The highest BCUT2D eigenvalue weighted by Gasteiger charge is 2.07. The summed E-state index contributed by atoms with van der Waals surface area (Å²) in [5.74, 6) is 0.646. The first-order valence-electron chi connectivity index (χ1n) is 6.50. The maximum Gasteiger partial charge on any atom is 0.187 e. The highest BCUT2D eigenvalue weighted by Crippen LogP contribution is 2.22. The van der Waals surface area contributed by atoms with Crippen LogP contribution in [0.4, 0.5) is 0 Å². The summed E-state index contributed by atoms with van der Waals surface area (Å²) in [4.78, 5) is 12.1. The van der Waals surface area contributed by atoms with E-state index in [1.165, 1.54) is 6.08 Å². The van der Waals surface area contributed by atoms with Crippen LogP contribution in [-0.4, -0.2) is 12.4 Å². The molecule has 0 amide bonds. The molecule has 0 fully saturated rings. The standard InChI is InChI=1S/C17H14Cl2O2/c1-2-21-14-7-3-12(4-8-14)5-10-17(20)15-9-6-13(18)11-16(15)19/h3-11H,2H2,1H3. The van der Waals surface area contributed by atoms with Gasteiger partial charge < -0.3 is 4.74 Å². The van der Waals surface area contributed by atoms with Crippen LogP contribution in [0.5, 0.6) is 5.75 Å². The Bertz CT molecular complexity index is 661. The van der Waals surface area contributed by atoms with Gasteiger partial charge in [-0.25, -0.2) is 0 Å². The van der Waals surface area contributed by atoms with E-state index in [4.69, 9.17) is 27.9 Å². The van der Waals surface area contributed by atoms with Crippen LogP contribution in [-0.2, 0) is 0 Å². The zero-order chi connectivity index (χ0) is 15.2. The van der Waals surface area contributed by atoms with Crippen molar-refractivity contribution in [1.29, 1.82) is 0 Å². The minimum absolute atomic E-state index is 0.162. The third-order valence-electron chi connectivity index (χ3n) is 2.81. The van der Waals surface area contributed by atoms with Crippen LogP contribution in [0.1, 0.15) is 22.8 Å². The minimum Gasteiger partial charge on any atom is -0.494 e. The lowest BCUT2D eigenvalue weighted by Gasteiger charge is -2.02. The third kappa shape index (κ3) is 4.35. The zero-order valence-corrected chi connectivity index (χ0v) is 13.0. The second kappa shape index (κ2) is 7.30. The Balaban J connectivity index is 2.11. The molecule has 0 atom stereocenters. The molecule has 0 heterocycles. The molecule has 0 spiro atoms. The summed E-state index contributed by atoms with van der Waals surface area (Å²) in [6.45, 7) is 2.56. The number of carbonyl (C=O) groups excluding carboxylic acids is 1. The predicted molar refractivity (Wildman–Crippen MR) is 87.4 cm³/mol.